The molecule has 0 aliphatic carbocycles. The number of hydrogen-bond donors (Lipinski definition) is 1. The molecule has 0 unspecified atom stereocenters. The van der Waals surface area contributed by atoms with Crippen molar-refractivity contribution in [3.8, 4) is 0 Å². The number of ether oxygens (including phenoxy) is 2. The van der Waals surface area contributed by atoms with Gasteiger partial charge in [-0.15, -0.1) is 0 Å². The molecule has 8 heteroatoms. The number of rotatable bonds is 11. The first-order valence-corrected chi connectivity index (χ1v) is 10.3. The number of nitrogens with one attached hydrogen (secondary N) is 1. The Hall–Kier alpha value is -2.84. The summed E-state index contributed by atoms with van der Waals surface area (Å²) in [7, 11) is 5.12. The van der Waals surface area contributed by atoms with Gasteiger partial charge in [0.25, 0.3) is 0 Å². The summed E-state index contributed by atoms with van der Waals surface area (Å²) in [6, 6.07) is 9.43. The first-order valence-electron chi connectivity index (χ1n) is 10.3. The Kier molecular flexibility index (Phi) is 9.55. The minimum atomic E-state index is -0.326. The Morgan fingerprint density at radius 3 is 2.13 bits per heavy atom. The summed E-state index contributed by atoms with van der Waals surface area (Å²) >= 11 is 0. The summed E-state index contributed by atoms with van der Waals surface area (Å²) in [5.74, 6) is -0.147. The Morgan fingerprint density at radius 2 is 1.58 bits per heavy atom. The summed E-state index contributed by atoms with van der Waals surface area (Å²) in [5.41, 5.74) is 3.71. The lowest BCUT2D eigenvalue weighted by atomic mass is 10.1. The molecule has 1 aromatic heterocycles. The van der Waals surface area contributed by atoms with Crippen molar-refractivity contribution in [2.24, 2.45) is 7.05 Å². The molecule has 0 fully saturated rings. The third-order valence-electron chi connectivity index (χ3n) is 5.21. The fourth-order valence-corrected chi connectivity index (χ4v) is 3.26. The predicted molar refractivity (Wildman–Crippen MR) is 121 cm³/mol. The van der Waals surface area contributed by atoms with E-state index in [1.807, 2.05) is 62.0 Å². The van der Waals surface area contributed by atoms with E-state index in [0.29, 0.717) is 32.8 Å². The van der Waals surface area contributed by atoms with E-state index in [-0.39, 0.29) is 18.5 Å². The van der Waals surface area contributed by atoms with Crippen molar-refractivity contribution in [3.63, 3.8) is 0 Å². The minimum Gasteiger partial charge on any atom is -0.383 e. The molecule has 2 aromatic rings. The van der Waals surface area contributed by atoms with E-state index in [4.69, 9.17) is 9.47 Å². The molecule has 0 radical (unpaired) electrons. The Morgan fingerprint density at radius 1 is 0.968 bits per heavy atom. The van der Waals surface area contributed by atoms with Crippen molar-refractivity contribution in [2.75, 3.05) is 52.4 Å². The van der Waals surface area contributed by atoms with Gasteiger partial charge in [0.15, 0.2) is 0 Å². The number of hydrogen-bond acceptors (Lipinski definition) is 4. The Balaban J connectivity index is 2.14. The number of urea groups is 1. The van der Waals surface area contributed by atoms with Gasteiger partial charge in [-0.1, -0.05) is 18.2 Å². The van der Waals surface area contributed by atoms with E-state index in [1.165, 1.54) is 4.90 Å². The lowest BCUT2D eigenvalue weighted by Crippen LogP contribution is -2.46. The normalized spacial score (nSPS) is 10.7. The van der Waals surface area contributed by atoms with Crippen molar-refractivity contribution in [1.82, 2.24) is 14.4 Å². The van der Waals surface area contributed by atoms with Gasteiger partial charge in [0.1, 0.15) is 6.54 Å². The summed E-state index contributed by atoms with van der Waals surface area (Å²) in [4.78, 5) is 29.4. The van der Waals surface area contributed by atoms with Gasteiger partial charge >= 0.3 is 6.03 Å². The molecule has 31 heavy (non-hydrogen) atoms. The molecule has 0 spiro atoms. The van der Waals surface area contributed by atoms with Crippen molar-refractivity contribution >= 4 is 17.6 Å². The highest BCUT2D eigenvalue weighted by Crippen LogP contribution is 2.20. The SMILES string of the molecule is COCCN(Cc1cccn1C)C(=O)CN(CCOC)C(=O)Nc1c(C)cccc1C. The van der Waals surface area contributed by atoms with Crippen LogP contribution in [0, 0.1) is 13.8 Å². The van der Waals surface area contributed by atoms with Crippen LogP contribution in [0.2, 0.25) is 0 Å². The molecule has 0 bridgehead atoms. The monoisotopic (exact) mass is 430 g/mol. The largest absolute Gasteiger partial charge is 0.383 e. The lowest BCUT2D eigenvalue weighted by molar-refractivity contribution is -0.133. The highest BCUT2D eigenvalue weighted by atomic mass is 16.5. The zero-order valence-corrected chi connectivity index (χ0v) is 19.2. The van der Waals surface area contributed by atoms with Crippen LogP contribution in [0.3, 0.4) is 0 Å². The molecule has 3 amide bonds. The van der Waals surface area contributed by atoms with Crippen molar-refractivity contribution in [2.45, 2.75) is 20.4 Å². The molecule has 2 rings (SSSR count). The Bertz CT molecular complexity index is 845. The predicted octanol–water partition coefficient (Wildman–Crippen LogP) is 2.80. The van der Waals surface area contributed by atoms with Gasteiger partial charge in [0.2, 0.25) is 5.91 Å². The van der Waals surface area contributed by atoms with Gasteiger partial charge in [-0.05, 0) is 37.1 Å². The van der Waals surface area contributed by atoms with Crippen LogP contribution in [-0.4, -0.2) is 73.4 Å². The zero-order chi connectivity index (χ0) is 22.8. The summed E-state index contributed by atoms with van der Waals surface area (Å²) in [6.45, 7) is 5.79. The number of aromatic nitrogens is 1. The molecule has 1 aromatic carbocycles. The molecule has 1 heterocycles. The third-order valence-corrected chi connectivity index (χ3v) is 5.21. The average Bonchev–Trinajstić information content (AvgIpc) is 3.15. The highest BCUT2D eigenvalue weighted by Gasteiger charge is 2.22. The smallest absolute Gasteiger partial charge is 0.322 e. The maximum absolute atomic E-state index is 13.1. The average molecular weight is 431 g/mol. The zero-order valence-electron chi connectivity index (χ0n) is 19.2. The Labute approximate surface area is 184 Å². The number of nitrogens with zero attached hydrogens (tertiary/aromatic N) is 3. The van der Waals surface area contributed by atoms with E-state index < -0.39 is 0 Å². The molecular weight excluding hydrogens is 396 g/mol. The maximum atomic E-state index is 13.1. The fourth-order valence-electron chi connectivity index (χ4n) is 3.26. The van der Waals surface area contributed by atoms with Crippen LogP contribution < -0.4 is 5.32 Å². The second-order valence-corrected chi connectivity index (χ2v) is 7.53. The van der Waals surface area contributed by atoms with Crippen molar-refractivity contribution in [3.05, 3.63) is 53.3 Å². The van der Waals surface area contributed by atoms with Gasteiger partial charge in [0.05, 0.1) is 19.8 Å². The van der Waals surface area contributed by atoms with Crippen LogP contribution in [-0.2, 0) is 27.9 Å². The highest BCUT2D eigenvalue weighted by molar-refractivity contribution is 5.93. The van der Waals surface area contributed by atoms with E-state index in [0.717, 1.165) is 22.5 Å². The standard InChI is InChI=1S/C23H34N4O4/c1-18-8-6-9-19(2)22(18)24-23(29)27(13-15-31-5)17-21(28)26(12-14-30-4)16-20-10-7-11-25(20)3/h6-11H,12-17H2,1-5H3,(H,24,29). The van der Waals surface area contributed by atoms with Crippen LogP contribution in [0.5, 0.6) is 0 Å². The summed E-state index contributed by atoms with van der Waals surface area (Å²) in [5, 5.41) is 2.96. The number of benzene rings is 1. The molecule has 0 saturated heterocycles. The number of para-hydroxylation sites is 1. The number of amides is 3. The number of carbonyl (C=O) groups is 2. The van der Waals surface area contributed by atoms with E-state index in [9.17, 15) is 9.59 Å². The van der Waals surface area contributed by atoms with E-state index in [1.54, 1.807) is 19.1 Å². The molecular formula is C23H34N4O4. The van der Waals surface area contributed by atoms with Crippen molar-refractivity contribution in [1.29, 1.82) is 0 Å². The first-order chi connectivity index (χ1) is 14.9. The van der Waals surface area contributed by atoms with Gasteiger partial charge in [-0.3, -0.25) is 4.79 Å². The van der Waals surface area contributed by atoms with Crippen LogP contribution in [0.15, 0.2) is 36.5 Å². The molecule has 8 nitrogen and oxygen atoms in total. The second-order valence-electron chi connectivity index (χ2n) is 7.53. The number of methoxy groups -OCH3 is 2. The van der Waals surface area contributed by atoms with Gasteiger partial charge < -0.3 is 29.2 Å². The second kappa shape index (κ2) is 12.1. The quantitative estimate of drug-likeness (QED) is 0.595. The van der Waals surface area contributed by atoms with E-state index in [2.05, 4.69) is 5.32 Å². The van der Waals surface area contributed by atoms with Crippen LogP contribution >= 0.6 is 0 Å². The lowest BCUT2D eigenvalue weighted by Gasteiger charge is -2.28. The van der Waals surface area contributed by atoms with Crippen LogP contribution in [0.4, 0.5) is 10.5 Å². The topological polar surface area (TPSA) is 76.0 Å². The van der Waals surface area contributed by atoms with Crippen LogP contribution in [0.25, 0.3) is 0 Å². The maximum Gasteiger partial charge on any atom is 0.322 e. The minimum absolute atomic E-state index is 0.0474. The van der Waals surface area contributed by atoms with Crippen molar-refractivity contribution < 1.29 is 19.1 Å². The molecule has 0 aliphatic rings. The molecule has 170 valence electrons. The number of carbonyl (C=O) groups excluding carboxylic acids is 2. The fraction of sp³-hybridized carbons (Fsp3) is 0.478. The first kappa shape index (κ1) is 24.4. The van der Waals surface area contributed by atoms with Gasteiger partial charge in [0, 0.05) is 51.9 Å². The molecule has 0 saturated carbocycles. The number of anilines is 1. The van der Waals surface area contributed by atoms with Gasteiger partial charge in [-0.2, -0.15) is 0 Å². The van der Waals surface area contributed by atoms with Crippen LogP contribution in [0.1, 0.15) is 16.8 Å². The van der Waals surface area contributed by atoms with E-state index >= 15 is 0 Å². The molecule has 1 N–H and O–H groups in total. The third kappa shape index (κ3) is 7.11. The molecule has 0 atom stereocenters. The number of aryl methyl sites for hydroxylation is 3. The summed E-state index contributed by atoms with van der Waals surface area (Å²) in [6.07, 6.45) is 1.94. The summed E-state index contributed by atoms with van der Waals surface area (Å²) < 4.78 is 12.3. The van der Waals surface area contributed by atoms with Gasteiger partial charge in [-0.25, -0.2) is 4.79 Å². The molecule has 0 aliphatic heterocycles.